The Kier molecular flexibility index (Phi) is 11.0. The number of nitrogens with two attached hydrogens (primary N) is 1. The number of benzene rings is 4. The summed E-state index contributed by atoms with van der Waals surface area (Å²) in [4.78, 5) is 21.3. The minimum atomic E-state index is -0.197. The van der Waals surface area contributed by atoms with Crippen LogP contribution in [-0.4, -0.2) is 51.7 Å². The Morgan fingerprint density at radius 2 is 1.75 bits per heavy atom. The van der Waals surface area contributed by atoms with Gasteiger partial charge >= 0.3 is 0 Å². The summed E-state index contributed by atoms with van der Waals surface area (Å²) in [6.45, 7) is 8.72. The molecule has 0 aliphatic carbocycles. The average Bonchev–Trinajstić information content (AvgIpc) is 3.51. The van der Waals surface area contributed by atoms with Gasteiger partial charge in [-0.05, 0) is 117 Å². The van der Waals surface area contributed by atoms with E-state index in [0.717, 1.165) is 67.8 Å². The van der Waals surface area contributed by atoms with Gasteiger partial charge in [-0.15, -0.1) is 4.99 Å². The zero-order valence-corrected chi connectivity index (χ0v) is 29.4. The van der Waals surface area contributed by atoms with E-state index in [2.05, 4.69) is 58.0 Å². The molecule has 0 spiro atoms. The highest BCUT2D eigenvalue weighted by Gasteiger charge is 2.21. The molecule has 0 unspecified atom stereocenters. The summed E-state index contributed by atoms with van der Waals surface area (Å²) < 4.78 is 8.37. The van der Waals surface area contributed by atoms with Crippen molar-refractivity contribution in [1.82, 2.24) is 9.47 Å². The average molecular weight is 684 g/mol. The molecule has 2 heterocycles. The van der Waals surface area contributed by atoms with Gasteiger partial charge in [0, 0.05) is 59.9 Å². The highest BCUT2D eigenvalue weighted by molar-refractivity contribution is 6.04. The molecule has 1 amide bonds. The second-order valence-corrected chi connectivity index (χ2v) is 13.0. The molecule has 262 valence electrons. The number of para-hydroxylation sites is 1. The number of nitrogens with one attached hydrogen (secondary N) is 1. The molecule has 51 heavy (non-hydrogen) atoms. The van der Waals surface area contributed by atoms with Crippen LogP contribution in [0.25, 0.3) is 16.6 Å². The number of rotatable bonds is 11. The molecule has 4 N–H and O–H groups in total. The minimum absolute atomic E-state index is 0.108. The van der Waals surface area contributed by atoms with Crippen molar-refractivity contribution < 1.29 is 14.6 Å². The predicted molar refractivity (Wildman–Crippen MR) is 204 cm³/mol. The third-order valence-corrected chi connectivity index (χ3v) is 9.65. The van der Waals surface area contributed by atoms with E-state index in [4.69, 9.17) is 15.7 Å². The fourth-order valence-corrected chi connectivity index (χ4v) is 6.82. The Hall–Kier alpha value is -5.63. The van der Waals surface area contributed by atoms with Crippen molar-refractivity contribution in [2.24, 2.45) is 10.7 Å². The number of aliphatic hydroxyl groups is 1. The number of likely N-dealkylation sites (tertiary alicyclic amines) is 1. The summed E-state index contributed by atoms with van der Waals surface area (Å²) in [5.41, 5.74) is 12.4. The van der Waals surface area contributed by atoms with E-state index in [-0.39, 0.29) is 24.0 Å². The molecule has 10 nitrogen and oxygen atoms in total. The van der Waals surface area contributed by atoms with E-state index < -0.39 is 0 Å². The van der Waals surface area contributed by atoms with Gasteiger partial charge in [0.15, 0.2) is 0 Å². The lowest BCUT2D eigenvalue weighted by Crippen LogP contribution is -2.44. The van der Waals surface area contributed by atoms with Crippen LogP contribution in [-0.2, 0) is 6.54 Å². The number of carbonyl (C=O) groups is 1. The van der Waals surface area contributed by atoms with Crippen LogP contribution in [0.15, 0.2) is 102 Å². The number of anilines is 2. The normalized spacial score (nSPS) is 14.1. The topological polar surface area (TPSA) is 132 Å². The van der Waals surface area contributed by atoms with Crippen molar-refractivity contribution >= 4 is 34.1 Å². The third-order valence-electron chi connectivity index (χ3n) is 9.65. The summed E-state index contributed by atoms with van der Waals surface area (Å²) in [7, 11) is 0. The number of carbonyl (C=O) groups excluding carboxylic acids is 1. The summed E-state index contributed by atoms with van der Waals surface area (Å²) in [6.07, 6.45) is 7.10. The summed E-state index contributed by atoms with van der Waals surface area (Å²) in [6, 6.07) is 29.3. The van der Waals surface area contributed by atoms with Crippen molar-refractivity contribution in [2.45, 2.75) is 65.1 Å². The Labute approximate surface area is 299 Å². The summed E-state index contributed by atoms with van der Waals surface area (Å²) >= 11 is 0. The zero-order valence-electron chi connectivity index (χ0n) is 29.4. The number of aliphatic imine (C=N–C) groups is 1. The van der Waals surface area contributed by atoms with Crippen LogP contribution in [0.3, 0.4) is 0 Å². The molecule has 1 aliphatic rings. The van der Waals surface area contributed by atoms with Crippen LogP contribution in [0.5, 0.6) is 11.5 Å². The largest absolute Gasteiger partial charge is 0.457 e. The van der Waals surface area contributed by atoms with Gasteiger partial charge < -0.3 is 30.4 Å². The van der Waals surface area contributed by atoms with Crippen LogP contribution in [0.4, 0.5) is 11.4 Å². The van der Waals surface area contributed by atoms with E-state index in [1.807, 2.05) is 84.6 Å². The Morgan fingerprint density at radius 3 is 2.41 bits per heavy atom. The number of hydrogen-bond acceptors (Lipinski definition) is 6. The first-order valence-electron chi connectivity index (χ1n) is 17.6. The number of guanidine groups is 1. The van der Waals surface area contributed by atoms with Crippen LogP contribution in [0.2, 0.25) is 0 Å². The van der Waals surface area contributed by atoms with Crippen molar-refractivity contribution in [2.75, 3.05) is 23.3 Å². The van der Waals surface area contributed by atoms with Crippen molar-refractivity contribution in [3.05, 3.63) is 114 Å². The van der Waals surface area contributed by atoms with E-state index in [1.165, 1.54) is 10.9 Å². The van der Waals surface area contributed by atoms with Gasteiger partial charge in [0.25, 0.3) is 5.91 Å². The number of piperidine rings is 1. The number of nitriles is 1. The zero-order chi connectivity index (χ0) is 35.9. The first-order valence-corrected chi connectivity index (χ1v) is 17.6. The van der Waals surface area contributed by atoms with Crippen LogP contribution in [0, 0.1) is 18.4 Å². The molecule has 1 saturated heterocycles. The number of nitrogens with zero attached hydrogens (tertiary/aromatic N) is 5. The maximum Gasteiger partial charge on any atom is 0.255 e. The lowest BCUT2D eigenvalue weighted by atomic mass is 10.1. The number of hydrogen-bond donors (Lipinski definition) is 3. The lowest BCUT2D eigenvalue weighted by Gasteiger charge is -2.31. The third kappa shape index (κ3) is 8.07. The number of aliphatic hydroxyl groups excluding tert-OH is 1. The SMILES string of the molecule is CCC(CC)N(C(N)=NC#N)c1ccc(Oc2ccc(NC(=O)c3ccc(-n4cc(CN5CCC(O)CC5)c5ccccc54)cc3)cc2C)cc1. The molecule has 6 rings (SSSR count). The molecule has 0 saturated carbocycles. The molecule has 4 aromatic carbocycles. The van der Waals surface area contributed by atoms with Crippen LogP contribution >= 0.6 is 0 Å². The molecule has 0 bridgehead atoms. The standard InChI is InChI=1S/C41H45N7O3/c1-4-32(5-2)48(41(43)44-27-42)34-15-17-36(18-16-34)51-39-19-12-31(24-28(39)3)45-40(50)29-10-13-33(14-11-29)47-26-30(37-8-6-7-9-38(37)47)25-46-22-20-35(49)21-23-46/h6-19,24,26,32,35,49H,4-5,20-23,25H2,1-3H3,(H2,43,44)(H,45,50). The smallest absolute Gasteiger partial charge is 0.255 e. The monoisotopic (exact) mass is 683 g/mol. The van der Waals surface area contributed by atoms with E-state index >= 15 is 0 Å². The molecule has 0 atom stereocenters. The van der Waals surface area contributed by atoms with Crippen molar-refractivity contribution in [1.29, 1.82) is 5.26 Å². The second kappa shape index (κ2) is 15.9. The van der Waals surface area contributed by atoms with Crippen molar-refractivity contribution in [3.8, 4) is 23.4 Å². The van der Waals surface area contributed by atoms with Gasteiger partial charge in [0.2, 0.25) is 12.2 Å². The van der Waals surface area contributed by atoms with Gasteiger partial charge in [-0.3, -0.25) is 9.69 Å². The van der Waals surface area contributed by atoms with E-state index in [9.17, 15) is 9.90 Å². The van der Waals surface area contributed by atoms with Gasteiger partial charge in [0.1, 0.15) is 11.5 Å². The molecule has 10 heteroatoms. The Balaban J connectivity index is 1.11. The highest BCUT2D eigenvalue weighted by Crippen LogP contribution is 2.31. The van der Waals surface area contributed by atoms with E-state index in [1.54, 1.807) is 6.19 Å². The number of fused-ring (bicyclic) bond motifs is 1. The number of amides is 1. The van der Waals surface area contributed by atoms with E-state index in [0.29, 0.717) is 22.7 Å². The Bertz CT molecular complexity index is 2040. The first-order chi connectivity index (χ1) is 24.8. The molecule has 0 radical (unpaired) electrons. The maximum absolute atomic E-state index is 13.3. The predicted octanol–water partition coefficient (Wildman–Crippen LogP) is 7.73. The number of aryl methyl sites for hydroxylation is 1. The second-order valence-electron chi connectivity index (χ2n) is 13.0. The summed E-state index contributed by atoms with van der Waals surface area (Å²) in [5.74, 6) is 1.28. The quantitative estimate of drug-likeness (QED) is 0.0738. The molecule has 5 aromatic rings. The molecule has 1 aliphatic heterocycles. The van der Waals surface area contributed by atoms with Gasteiger partial charge in [-0.2, -0.15) is 5.26 Å². The van der Waals surface area contributed by atoms with Gasteiger partial charge in [0.05, 0.1) is 11.6 Å². The fraction of sp³-hybridized carbons (Fsp3) is 0.293. The van der Waals surface area contributed by atoms with Gasteiger partial charge in [-0.1, -0.05) is 32.0 Å². The van der Waals surface area contributed by atoms with Gasteiger partial charge in [-0.25, -0.2) is 0 Å². The number of ether oxygens (including phenoxy) is 1. The summed E-state index contributed by atoms with van der Waals surface area (Å²) in [5, 5.41) is 23.2. The highest BCUT2D eigenvalue weighted by atomic mass is 16.5. The molecular formula is C41H45N7O3. The van der Waals surface area contributed by atoms with Crippen molar-refractivity contribution in [3.63, 3.8) is 0 Å². The molecule has 1 aromatic heterocycles. The minimum Gasteiger partial charge on any atom is -0.457 e. The Morgan fingerprint density at radius 1 is 1.04 bits per heavy atom. The first kappa shape index (κ1) is 35.2. The molecular weight excluding hydrogens is 638 g/mol. The number of aromatic nitrogens is 1. The lowest BCUT2D eigenvalue weighted by molar-refractivity contribution is 0.0794. The van der Waals surface area contributed by atoms with Crippen LogP contribution in [0.1, 0.15) is 61.0 Å². The van der Waals surface area contributed by atoms with Crippen LogP contribution < -0.4 is 20.7 Å². The molecule has 1 fully saturated rings. The fourth-order valence-electron chi connectivity index (χ4n) is 6.82. The maximum atomic E-state index is 13.3.